The van der Waals surface area contributed by atoms with Crippen molar-refractivity contribution in [2.45, 2.75) is 19.9 Å². The molecule has 0 aliphatic carbocycles. The maximum atomic E-state index is 8.76. The summed E-state index contributed by atoms with van der Waals surface area (Å²) >= 11 is 0. The molecule has 2 unspecified atom stereocenters. The van der Waals surface area contributed by atoms with Gasteiger partial charge in [0.25, 0.3) is 0 Å². The average molecular weight is 218 g/mol. The first-order valence-corrected chi connectivity index (χ1v) is 5.37. The van der Waals surface area contributed by atoms with E-state index < -0.39 is 0 Å². The molecule has 1 rings (SSSR count). The highest BCUT2D eigenvalue weighted by atomic mass is 15.2. The fraction of sp³-hybridized carbons (Fsp3) is 0.500. The molecule has 0 radical (unpaired) electrons. The molecule has 1 aromatic rings. The summed E-state index contributed by atoms with van der Waals surface area (Å²) in [4.78, 5) is 6.24. The van der Waals surface area contributed by atoms with Crippen molar-refractivity contribution in [2.24, 2.45) is 11.7 Å². The molecule has 16 heavy (non-hydrogen) atoms. The van der Waals surface area contributed by atoms with Gasteiger partial charge in [-0.15, -0.1) is 0 Å². The SMILES string of the molecule is CC(C#N)CN(C)c1cc(C(C)N)ccn1. The Balaban J connectivity index is 2.80. The molecule has 1 heterocycles. The minimum Gasteiger partial charge on any atom is -0.358 e. The van der Waals surface area contributed by atoms with Crippen molar-refractivity contribution in [3.05, 3.63) is 23.9 Å². The molecular formula is C12H18N4. The molecule has 0 fully saturated rings. The van der Waals surface area contributed by atoms with Crippen LogP contribution in [0, 0.1) is 17.2 Å². The second kappa shape index (κ2) is 5.47. The zero-order valence-electron chi connectivity index (χ0n) is 10.0. The van der Waals surface area contributed by atoms with E-state index in [1.165, 1.54) is 0 Å². The van der Waals surface area contributed by atoms with Gasteiger partial charge >= 0.3 is 0 Å². The lowest BCUT2D eigenvalue weighted by Gasteiger charge is -2.20. The van der Waals surface area contributed by atoms with Gasteiger partial charge in [0.15, 0.2) is 0 Å². The van der Waals surface area contributed by atoms with Crippen LogP contribution in [0.15, 0.2) is 18.3 Å². The van der Waals surface area contributed by atoms with Crippen molar-refractivity contribution in [1.29, 1.82) is 5.26 Å². The molecule has 0 aromatic carbocycles. The third-order valence-corrected chi connectivity index (χ3v) is 2.45. The number of rotatable bonds is 4. The van der Waals surface area contributed by atoms with Crippen LogP contribution in [0.5, 0.6) is 0 Å². The van der Waals surface area contributed by atoms with Crippen LogP contribution in [-0.4, -0.2) is 18.6 Å². The Morgan fingerprint density at radius 1 is 1.56 bits per heavy atom. The zero-order chi connectivity index (χ0) is 12.1. The predicted octanol–water partition coefficient (Wildman–Crippen LogP) is 1.70. The normalized spacial score (nSPS) is 13.9. The number of anilines is 1. The van der Waals surface area contributed by atoms with Crippen LogP contribution in [0.1, 0.15) is 25.5 Å². The van der Waals surface area contributed by atoms with Crippen molar-refractivity contribution < 1.29 is 0 Å². The monoisotopic (exact) mass is 218 g/mol. The first kappa shape index (κ1) is 12.5. The topological polar surface area (TPSA) is 65.9 Å². The van der Waals surface area contributed by atoms with E-state index in [-0.39, 0.29) is 12.0 Å². The number of nitriles is 1. The third kappa shape index (κ3) is 3.21. The lowest BCUT2D eigenvalue weighted by atomic mass is 10.1. The van der Waals surface area contributed by atoms with E-state index in [4.69, 9.17) is 11.0 Å². The molecule has 2 atom stereocenters. The quantitative estimate of drug-likeness (QED) is 0.835. The number of nitrogens with two attached hydrogens (primary N) is 1. The van der Waals surface area contributed by atoms with Crippen molar-refractivity contribution >= 4 is 5.82 Å². The average Bonchev–Trinajstić information content (AvgIpc) is 2.28. The predicted molar refractivity (Wildman–Crippen MR) is 64.9 cm³/mol. The van der Waals surface area contributed by atoms with E-state index in [0.29, 0.717) is 6.54 Å². The molecular weight excluding hydrogens is 200 g/mol. The van der Waals surface area contributed by atoms with Gasteiger partial charge in [-0.25, -0.2) is 4.98 Å². The summed E-state index contributed by atoms with van der Waals surface area (Å²) in [5.41, 5.74) is 6.87. The number of hydrogen-bond acceptors (Lipinski definition) is 4. The number of hydrogen-bond donors (Lipinski definition) is 1. The van der Waals surface area contributed by atoms with E-state index in [1.54, 1.807) is 6.20 Å². The lowest BCUT2D eigenvalue weighted by Crippen LogP contribution is -2.24. The third-order valence-electron chi connectivity index (χ3n) is 2.45. The molecule has 0 bridgehead atoms. The largest absolute Gasteiger partial charge is 0.358 e. The summed E-state index contributed by atoms with van der Waals surface area (Å²) in [5, 5.41) is 8.76. The fourth-order valence-electron chi connectivity index (χ4n) is 1.47. The summed E-state index contributed by atoms with van der Waals surface area (Å²) in [6.07, 6.45) is 1.75. The molecule has 4 heteroatoms. The Morgan fingerprint density at radius 3 is 2.81 bits per heavy atom. The van der Waals surface area contributed by atoms with Gasteiger partial charge in [-0.3, -0.25) is 0 Å². The Labute approximate surface area is 96.7 Å². The molecule has 0 aliphatic heterocycles. The van der Waals surface area contributed by atoms with Crippen LogP contribution >= 0.6 is 0 Å². The van der Waals surface area contributed by atoms with Crippen LogP contribution in [0.2, 0.25) is 0 Å². The summed E-state index contributed by atoms with van der Waals surface area (Å²) in [5.74, 6) is 0.850. The minimum atomic E-state index is -0.00856. The van der Waals surface area contributed by atoms with Crippen LogP contribution in [-0.2, 0) is 0 Å². The van der Waals surface area contributed by atoms with E-state index in [2.05, 4.69) is 11.1 Å². The van der Waals surface area contributed by atoms with Gasteiger partial charge in [0.1, 0.15) is 5.82 Å². The summed E-state index contributed by atoms with van der Waals surface area (Å²) in [6, 6.07) is 6.09. The molecule has 0 amide bonds. The van der Waals surface area contributed by atoms with Crippen molar-refractivity contribution in [1.82, 2.24) is 4.98 Å². The van der Waals surface area contributed by atoms with Crippen LogP contribution < -0.4 is 10.6 Å². The van der Waals surface area contributed by atoms with Crippen molar-refractivity contribution in [3.63, 3.8) is 0 Å². The first-order chi connectivity index (χ1) is 7.54. The molecule has 1 aromatic heterocycles. The second-order valence-electron chi connectivity index (χ2n) is 4.15. The van der Waals surface area contributed by atoms with Crippen LogP contribution in [0.4, 0.5) is 5.82 Å². The molecule has 0 aliphatic rings. The van der Waals surface area contributed by atoms with E-state index >= 15 is 0 Å². The second-order valence-corrected chi connectivity index (χ2v) is 4.15. The zero-order valence-corrected chi connectivity index (χ0v) is 10.0. The maximum absolute atomic E-state index is 8.76. The Bertz CT molecular complexity index is 381. The van der Waals surface area contributed by atoms with Crippen LogP contribution in [0.25, 0.3) is 0 Å². The van der Waals surface area contributed by atoms with Gasteiger partial charge in [-0.2, -0.15) is 5.26 Å². The summed E-state index contributed by atoms with van der Waals surface area (Å²) in [7, 11) is 1.93. The van der Waals surface area contributed by atoms with Gasteiger partial charge in [0.2, 0.25) is 0 Å². The highest BCUT2D eigenvalue weighted by Crippen LogP contribution is 2.16. The Hall–Kier alpha value is -1.60. The summed E-state index contributed by atoms with van der Waals surface area (Å²) in [6.45, 7) is 4.51. The highest BCUT2D eigenvalue weighted by molar-refractivity contribution is 5.41. The first-order valence-electron chi connectivity index (χ1n) is 5.37. The van der Waals surface area contributed by atoms with E-state index in [1.807, 2.05) is 37.9 Å². The highest BCUT2D eigenvalue weighted by Gasteiger charge is 2.08. The van der Waals surface area contributed by atoms with Gasteiger partial charge in [-0.1, -0.05) is 0 Å². The Kier molecular flexibility index (Phi) is 4.27. The smallest absolute Gasteiger partial charge is 0.128 e. The van der Waals surface area contributed by atoms with E-state index in [9.17, 15) is 0 Å². The standard InChI is InChI=1S/C12H18N4/c1-9(7-13)8-16(3)12-6-11(10(2)14)4-5-15-12/h4-6,9-10H,8,14H2,1-3H3. The number of aromatic nitrogens is 1. The van der Waals surface area contributed by atoms with E-state index in [0.717, 1.165) is 11.4 Å². The molecule has 4 nitrogen and oxygen atoms in total. The molecule has 86 valence electrons. The molecule has 0 saturated carbocycles. The molecule has 0 spiro atoms. The number of nitrogens with zero attached hydrogens (tertiary/aromatic N) is 3. The van der Waals surface area contributed by atoms with Gasteiger partial charge in [-0.05, 0) is 31.5 Å². The maximum Gasteiger partial charge on any atom is 0.128 e. The number of pyridine rings is 1. The van der Waals surface area contributed by atoms with Gasteiger partial charge in [0.05, 0.1) is 12.0 Å². The van der Waals surface area contributed by atoms with Gasteiger partial charge in [0, 0.05) is 25.8 Å². The minimum absolute atomic E-state index is 0.00328. The van der Waals surface area contributed by atoms with Crippen LogP contribution in [0.3, 0.4) is 0 Å². The van der Waals surface area contributed by atoms with Crippen molar-refractivity contribution in [2.75, 3.05) is 18.5 Å². The fourth-order valence-corrected chi connectivity index (χ4v) is 1.47. The van der Waals surface area contributed by atoms with Gasteiger partial charge < -0.3 is 10.6 Å². The lowest BCUT2D eigenvalue weighted by molar-refractivity contribution is 0.708. The Morgan fingerprint density at radius 2 is 2.25 bits per heavy atom. The molecule has 2 N–H and O–H groups in total. The molecule has 0 saturated heterocycles. The summed E-state index contributed by atoms with van der Waals surface area (Å²) < 4.78 is 0. The van der Waals surface area contributed by atoms with Crippen molar-refractivity contribution in [3.8, 4) is 6.07 Å².